The Morgan fingerprint density at radius 1 is 0.654 bits per heavy atom. The number of hydrogen-bond acceptors (Lipinski definition) is 1. The maximum Gasteiger partial charge on any atom is 0.312 e. The van der Waals surface area contributed by atoms with Crippen molar-refractivity contribution in [3.63, 3.8) is 0 Å². The third kappa shape index (κ3) is 23.0. The standard InChI is InChI=1S/C23H46N2O/c1-2-3-4-5-6-7-8-9-10-11-12-13-14-15-16-17-18-19-20-21-22-25-23(24)26/h10-11H,2-9,12-22H2,1H3,(H3,24,25,26)/b11-10-. The summed E-state index contributed by atoms with van der Waals surface area (Å²) in [5.41, 5.74) is 5.02. The number of nitrogens with one attached hydrogen (secondary N) is 1. The molecule has 3 N–H and O–H groups in total. The van der Waals surface area contributed by atoms with Crippen molar-refractivity contribution < 1.29 is 4.79 Å². The molecule has 0 unspecified atom stereocenters. The molecule has 154 valence electrons. The largest absolute Gasteiger partial charge is 0.352 e. The van der Waals surface area contributed by atoms with Crippen molar-refractivity contribution in [1.82, 2.24) is 5.32 Å². The van der Waals surface area contributed by atoms with Crippen LogP contribution in [-0.4, -0.2) is 12.6 Å². The van der Waals surface area contributed by atoms with Gasteiger partial charge in [0.2, 0.25) is 0 Å². The molecule has 0 aromatic heterocycles. The lowest BCUT2D eigenvalue weighted by molar-refractivity contribution is 0.248. The molecule has 3 nitrogen and oxygen atoms in total. The summed E-state index contributed by atoms with van der Waals surface area (Å²) in [6.07, 6.45) is 28.9. The van der Waals surface area contributed by atoms with E-state index in [-0.39, 0.29) is 0 Å². The fraction of sp³-hybridized carbons (Fsp3) is 0.870. The summed E-state index contributed by atoms with van der Waals surface area (Å²) in [6.45, 7) is 3.00. The van der Waals surface area contributed by atoms with Gasteiger partial charge in [-0.3, -0.25) is 0 Å². The van der Waals surface area contributed by atoms with E-state index in [1.165, 1.54) is 109 Å². The molecule has 0 fully saturated rings. The molecule has 0 rings (SSSR count). The van der Waals surface area contributed by atoms with Crippen molar-refractivity contribution >= 4 is 6.03 Å². The Kier molecular flexibility index (Phi) is 21.2. The Labute approximate surface area is 163 Å². The zero-order valence-corrected chi connectivity index (χ0v) is 17.6. The summed E-state index contributed by atoms with van der Waals surface area (Å²) in [5.74, 6) is 0. The molecule has 0 aliphatic carbocycles. The van der Waals surface area contributed by atoms with E-state index in [1.807, 2.05) is 0 Å². The van der Waals surface area contributed by atoms with E-state index in [0.717, 1.165) is 13.0 Å². The quantitative estimate of drug-likeness (QED) is 0.173. The van der Waals surface area contributed by atoms with Gasteiger partial charge in [0, 0.05) is 6.54 Å². The van der Waals surface area contributed by atoms with Crippen molar-refractivity contribution in [3.8, 4) is 0 Å². The maximum absolute atomic E-state index is 10.5. The Morgan fingerprint density at radius 2 is 1.04 bits per heavy atom. The van der Waals surface area contributed by atoms with Gasteiger partial charge in [-0.25, -0.2) is 4.79 Å². The molecule has 0 radical (unpaired) electrons. The number of amides is 2. The highest BCUT2D eigenvalue weighted by Gasteiger charge is 1.94. The highest BCUT2D eigenvalue weighted by atomic mass is 16.2. The third-order valence-corrected chi connectivity index (χ3v) is 4.99. The molecule has 0 aromatic carbocycles. The number of hydrogen-bond donors (Lipinski definition) is 2. The number of rotatable bonds is 20. The zero-order chi connectivity index (χ0) is 19.1. The number of primary amides is 1. The van der Waals surface area contributed by atoms with E-state index in [0.29, 0.717) is 0 Å². The summed E-state index contributed by atoms with van der Waals surface area (Å²) >= 11 is 0. The predicted molar refractivity (Wildman–Crippen MR) is 116 cm³/mol. The highest BCUT2D eigenvalue weighted by molar-refractivity contribution is 5.71. The van der Waals surface area contributed by atoms with Gasteiger partial charge in [-0.2, -0.15) is 0 Å². The average molecular weight is 367 g/mol. The van der Waals surface area contributed by atoms with Gasteiger partial charge < -0.3 is 11.1 Å². The monoisotopic (exact) mass is 366 g/mol. The smallest absolute Gasteiger partial charge is 0.312 e. The number of urea groups is 1. The van der Waals surface area contributed by atoms with Crippen LogP contribution in [-0.2, 0) is 0 Å². The summed E-state index contributed by atoms with van der Waals surface area (Å²) in [7, 11) is 0. The second-order valence-electron chi connectivity index (χ2n) is 7.64. The lowest BCUT2D eigenvalue weighted by Gasteiger charge is -2.03. The molecule has 3 heteroatoms. The van der Waals surface area contributed by atoms with Gasteiger partial charge >= 0.3 is 6.03 Å². The second kappa shape index (κ2) is 22.1. The highest BCUT2D eigenvalue weighted by Crippen LogP contribution is 2.11. The van der Waals surface area contributed by atoms with Crippen LogP contribution in [0.2, 0.25) is 0 Å². The number of carbonyl (C=O) groups is 1. The molecule has 0 bridgehead atoms. The van der Waals surface area contributed by atoms with E-state index in [9.17, 15) is 4.79 Å². The summed E-state index contributed by atoms with van der Waals surface area (Å²) in [5, 5.41) is 2.64. The van der Waals surface area contributed by atoms with E-state index in [1.54, 1.807) is 0 Å². The fourth-order valence-corrected chi connectivity index (χ4v) is 3.29. The molecule has 26 heavy (non-hydrogen) atoms. The second-order valence-corrected chi connectivity index (χ2v) is 7.64. The molecule has 0 atom stereocenters. The first-order valence-corrected chi connectivity index (χ1v) is 11.5. The van der Waals surface area contributed by atoms with E-state index in [2.05, 4.69) is 24.4 Å². The normalized spacial score (nSPS) is 11.3. The van der Waals surface area contributed by atoms with E-state index in [4.69, 9.17) is 5.73 Å². The summed E-state index contributed by atoms with van der Waals surface area (Å²) in [6, 6.07) is -0.405. The molecule has 0 spiro atoms. The summed E-state index contributed by atoms with van der Waals surface area (Å²) in [4.78, 5) is 10.5. The molecular formula is C23H46N2O. The van der Waals surface area contributed by atoms with Gasteiger partial charge in [0.05, 0.1) is 0 Å². The van der Waals surface area contributed by atoms with Gasteiger partial charge in [0.25, 0.3) is 0 Å². The van der Waals surface area contributed by atoms with Crippen molar-refractivity contribution in [2.45, 2.75) is 122 Å². The Balaban J connectivity index is 3.07. The van der Waals surface area contributed by atoms with Crippen LogP contribution in [0, 0.1) is 0 Å². The van der Waals surface area contributed by atoms with Crippen LogP contribution >= 0.6 is 0 Å². The van der Waals surface area contributed by atoms with Gasteiger partial charge in [0.15, 0.2) is 0 Å². The lowest BCUT2D eigenvalue weighted by atomic mass is 10.1. The first-order chi connectivity index (χ1) is 12.8. The Morgan fingerprint density at radius 3 is 1.46 bits per heavy atom. The van der Waals surface area contributed by atoms with Gasteiger partial charge in [-0.05, 0) is 32.1 Å². The molecule has 2 amide bonds. The molecular weight excluding hydrogens is 320 g/mol. The maximum atomic E-state index is 10.5. The Bertz CT molecular complexity index is 315. The minimum absolute atomic E-state index is 0.405. The van der Waals surface area contributed by atoms with Crippen LogP contribution in [0.5, 0.6) is 0 Å². The van der Waals surface area contributed by atoms with Crippen molar-refractivity contribution in [1.29, 1.82) is 0 Å². The zero-order valence-electron chi connectivity index (χ0n) is 17.6. The average Bonchev–Trinajstić information content (AvgIpc) is 2.62. The van der Waals surface area contributed by atoms with Gasteiger partial charge in [0.1, 0.15) is 0 Å². The molecule has 0 aromatic rings. The molecule has 0 saturated heterocycles. The molecule has 0 heterocycles. The Hall–Kier alpha value is -0.990. The summed E-state index contributed by atoms with van der Waals surface area (Å²) < 4.78 is 0. The van der Waals surface area contributed by atoms with Crippen LogP contribution in [0.3, 0.4) is 0 Å². The van der Waals surface area contributed by atoms with Crippen LogP contribution in [0.1, 0.15) is 122 Å². The topological polar surface area (TPSA) is 55.1 Å². The molecule has 0 saturated carbocycles. The van der Waals surface area contributed by atoms with Crippen molar-refractivity contribution in [3.05, 3.63) is 12.2 Å². The van der Waals surface area contributed by atoms with Gasteiger partial charge in [-0.15, -0.1) is 0 Å². The van der Waals surface area contributed by atoms with Crippen LogP contribution in [0.25, 0.3) is 0 Å². The number of allylic oxidation sites excluding steroid dienone is 2. The molecule has 0 aliphatic heterocycles. The SMILES string of the molecule is CCCCCCCCC/C=C\CCCCCCCCCCCNC(N)=O. The molecule has 0 aliphatic rings. The number of unbranched alkanes of at least 4 members (excludes halogenated alkanes) is 16. The number of carbonyl (C=O) groups excluding carboxylic acids is 1. The van der Waals surface area contributed by atoms with E-state index < -0.39 is 6.03 Å². The van der Waals surface area contributed by atoms with Crippen LogP contribution in [0.15, 0.2) is 12.2 Å². The number of nitrogens with two attached hydrogens (primary N) is 1. The first kappa shape index (κ1) is 25.0. The van der Waals surface area contributed by atoms with E-state index >= 15 is 0 Å². The van der Waals surface area contributed by atoms with Crippen molar-refractivity contribution in [2.75, 3.05) is 6.54 Å². The third-order valence-electron chi connectivity index (χ3n) is 4.99. The minimum atomic E-state index is -0.405. The minimum Gasteiger partial charge on any atom is -0.352 e. The van der Waals surface area contributed by atoms with Crippen LogP contribution < -0.4 is 11.1 Å². The lowest BCUT2D eigenvalue weighted by Crippen LogP contribution is -2.29. The van der Waals surface area contributed by atoms with Crippen LogP contribution in [0.4, 0.5) is 4.79 Å². The fourth-order valence-electron chi connectivity index (χ4n) is 3.29. The first-order valence-electron chi connectivity index (χ1n) is 11.5. The van der Waals surface area contributed by atoms with Gasteiger partial charge in [-0.1, -0.05) is 103 Å². The predicted octanol–water partition coefficient (Wildman–Crippen LogP) is 7.25. The van der Waals surface area contributed by atoms with Crippen molar-refractivity contribution in [2.24, 2.45) is 5.73 Å².